The summed E-state index contributed by atoms with van der Waals surface area (Å²) in [4.78, 5) is 22.0. The SMILES string of the molecule is CCCCOc1ccc(CN(Cc2coc(C3CC3)n2)C(=O)NC2CCN(C)CC2)cc1. The van der Waals surface area contributed by atoms with Crippen LogP contribution in [0.25, 0.3) is 0 Å². The Morgan fingerprint density at radius 2 is 1.94 bits per heavy atom. The predicted molar refractivity (Wildman–Crippen MR) is 124 cm³/mol. The van der Waals surface area contributed by atoms with E-state index in [0.717, 1.165) is 81.1 Å². The highest BCUT2D eigenvalue weighted by Gasteiger charge is 2.29. The number of rotatable bonds is 10. The van der Waals surface area contributed by atoms with E-state index in [1.165, 1.54) is 0 Å². The highest BCUT2D eigenvalue weighted by molar-refractivity contribution is 5.74. The molecule has 2 aromatic rings. The van der Waals surface area contributed by atoms with Crippen LogP contribution < -0.4 is 10.1 Å². The third kappa shape index (κ3) is 6.48. The van der Waals surface area contributed by atoms with Crippen LogP contribution in [0.4, 0.5) is 4.79 Å². The number of amides is 2. The first kappa shape index (κ1) is 22.6. The summed E-state index contributed by atoms with van der Waals surface area (Å²) in [5, 5.41) is 3.24. The van der Waals surface area contributed by atoms with Gasteiger partial charge < -0.3 is 24.3 Å². The predicted octanol–water partition coefficient (Wildman–Crippen LogP) is 4.54. The topological polar surface area (TPSA) is 70.8 Å². The molecule has 0 radical (unpaired) electrons. The minimum absolute atomic E-state index is 0.0428. The molecule has 0 bridgehead atoms. The van der Waals surface area contributed by atoms with E-state index in [9.17, 15) is 4.79 Å². The van der Waals surface area contributed by atoms with Gasteiger partial charge in [-0.05, 0) is 69.9 Å². The molecule has 7 nitrogen and oxygen atoms in total. The molecule has 2 aliphatic rings. The second-order valence-corrected chi connectivity index (χ2v) is 9.18. The van der Waals surface area contributed by atoms with Crippen LogP contribution in [0.2, 0.25) is 0 Å². The minimum atomic E-state index is -0.0428. The van der Waals surface area contributed by atoms with Crippen molar-refractivity contribution in [2.45, 2.75) is 70.5 Å². The number of urea groups is 1. The normalized spacial score (nSPS) is 17.3. The van der Waals surface area contributed by atoms with Gasteiger partial charge in [0, 0.05) is 18.5 Å². The van der Waals surface area contributed by atoms with Crippen molar-refractivity contribution in [2.75, 3.05) is 26.7 Å². The average molecular weight is 441 g/mol. The van der Waals surface area contributed by atoms with Crippen molar-refractivity contribution < 1.29 is 13.9 Å². The summed E-state index contributed by atoms with van der Waals surface area (Å²) < 4.78 is 11.4. The Bertz CT molecular complexity index is 854. The van der Waals surface area contributed by atoms with Crippen LogP contribution in [0, 0.1) is 0 Å². The van der Waals surface area contributed by atoms with E-state index in [2.05, 4.69) is 29.2 Å². The maximum absolute atomic E-state index is 13.2. The summed E-state index contributed by atoms with van der Waals surface area (Å²) in [5.41, 5.74) is 1.88. The van der Waals surface area contributed by atoms with Crippen molar-refractivity contribution in [3.8, 4) is 5.75 Å². The summed E-state index contributed by atoms with van der Waals surface area (Å²) in [6.07, 6.45) is 8.12. The molecule has 174 valence electrons. The summed E-state index contributed by atoms with van der Waals surface area (Å²) in [6.45, 7) is 5.86. The number of likely N-dealkylation sites (tertiary alicyclic amines) is 1. The number of hydrogen-bond donors (Lipinski definition) is 1. The lowest BCUT2D eigenvalue weighted by molar-refractivity contribution is 0.175. The van der Waals surface area contributed by atoms with Crippen molar-refractivity contribution >= 4 is 6.03 Å². The first-order chi connectivity index (χ1) is 15.6. The lowest BCUT2D eigenvalue weighted by atomic mass is 10.1. The molecule has 1 saturated carbocycles. The van der Waals surface area contributed by atoms with Crippen LogP contribution in [0.15, 0.2) is 34.9 Å². The Hall–Kier alpha value is -2.54. The largest absolute Gasteiger partial charge is 0.494 e. The van der Waals surface area contributed by atoms with Crippen molar-refractivity contribution in [1.82, 2.24) is 20.1 Å². The maximum Gasteiger partial charge on any atom is 0.318 e. The quantitative estimate of drug-likeness (QED) is 0.550. The molecule has 1 aromatic heterocycles. The van der Waals surface area contributed by atoms with Crippen LogP contribution >= 0.6 is 0 Å². The van der Waals surface area contributed by atoms with E-state index in [-0.39, 0.29) is 12.1 Å². The summed E-state index contributed by atoms with van der Waals surface area (Å²) in [6, 6.07) is 8.22. The fourth-order valence-corrected chi connectivity index (χ4v) is 3.97. The van der Waals surface area contributed by atoms with Crippen molar-refractivity contribution in [3.05, 3.63) is 47.7 Å². The number of unbranched alkanes of at least 4 members (excludes halogenated alkanes) is 1. The average Bonchev–Trinajstić information content (AvgIpc) is 3.55. The fourth-order valence-electron chi connectivity index (χ4n) is 3.97. The number of carbonyl (C=O) groups excluding carboxylic acids is 1. The number of oxazole rings is 1. The van der Waals surface area contributed by atoms with E-state index in [1.807, 2.05) is 29.2 Å². The van der Waals surface area contributed by atoms with E-state index in [1.54, 1.807) is 6.26 Å². The molecule has 4 rings (SSSR count). The first-order valence-electron chi connectivity index (χ1n) is 12.0. The molecule has 1 aliphatic heterocycles. The zero-order valence-electron chi connectivity index (χ0n) is 19.4. The summed E-state index contributed by atoms with van der Waals surface area (Å²) >= 11 is 0. The van der Waals surface area contributed by atoms with Gasteiger partial charge in [0.2, 0.25) is 0 Å². The second kappa shape index (κ2) is 10.9. The van der Waals surface area contributed by atoms with Gasteiger partial charge in [-0.3, -0.25) is 0 Å². The van der Waals surface area contributed by atoms with Crippen LogP contribution in [0.5, 0.6) is 5.75 Å². The highest BCUT2D eigenvalue weighted by Crippen LogP contribution is 2.39. The molecule has 0 atom stereocenters. The summed E-state index contributed by atoms with van der Waals surface area (Å²) in [7, 11) is 2.13. The molecule has 7 heteroatoms. The zero-order valence-corrected chi connectivity index (χ0v) is 19.4. The number of nitrogens with one attached hydrogen (secondary N) is 1. The molecule has 32 heavy (non-hydrogen) atoms. The van der Waals surface area contributed by atoms with Crippen LogP contribution in [0.3, 0.4) is 0 Å². The van der Waals surface area contributed by atoms with Crippen molar-refractivity contribution in [3.63, 3.8) is 0 Å². The monoisotopic (exact) mass is 440 g/mol. The highest BCUT2D eigenvalue weighted by atomic mass is 16.5. The molecule has 1 N–H and O–H groups in total. The molecule has 2 heterocycles. The Morgan fingerprint density at radius 1 is 1.19 bits per heavy atom. The van der Waals surface area contributed by atoms with Crippen LogP contribution in [0.1, 0.15) is 68.5 Å². The van der Waals surface area contributed by atoms with Gasteiger partial charge in [-0.15, -0.1) is 0 Å². The van der Waals surface area contributed by atoms with Gasteiger partial charge in [0.15, 0.2) is 5.89 Å². The number of nitrogens with zero attached hydrogens (tertiary/aromatic N) is 3. The number of ether oxygens (including phenoxy) is 1. The Labute approximate surface area is 191 Å². The molecule has 2 amide bonds. The van der Waals surface area contributed by atoms with Gasteiger partial charge >= 0.3 is 6.03 Å². The van der Waals surface area contributed by atoms with Gasteiger partial charge in [-0.25, -0.2) is 9.78 Å². The molecule has 2 fully saturated rings. The lowest BCUT2D eigenvalue weighted by Crippen LogP contribution is -2.48. The first-order valence-corrected chi connectivity index (χ1v) is 12.0. The van der Waals surface area contributed by atoms with Gasteiger partial charge in [-0.2, -0.15) is 0 Å². The van der Waals surface area contributed by atoms with Gasteiger partial charge in [0.25, 0.3) is 0 Å². The number of hydrogen-bond acceptors (Lipinski definition) is 5. The zero-order chi connectivity index (χ0) is 22.3. The van der Waals surface area contributed by atoms with Crippen molar-refractivity contribution in [2.24, 2.45) is 0 Å². The van der Waals surface area contributed by atoms with Gasteiger partial charge in [-0.1, -0.05) is 25.5 Å². The van der Waals surface area contributed by atoms with E-state index >= 15 is 0 Å². The van der Waals surface area contributed by atoms with Crippen LogP contribution in [-0.2, 0) is 13.1 Å². The molecule has 1 aromatic carbocycles. The molecule has 1 saturated heterocycles. The van der Waals surface area contributed by atoms with Gasteiger partial charge in [0.05, 0.1) is 18.8 Å². The number of piperidine rings is 1. The molecule has 0 spiro atoms. The molecular formula is C25H36N4O3. The number of benzene rings is 1. The van der Waals surface area contributed by atoms with E-state index in [4.69, 9.17) is 9.15 Å². The van der Waals surface area contributed by atoms with Gasteiger partial charge in [0.1, 0.15) is 12.0 Å². The Balaban J connectivity index is 1.40. The van der Waals surface area contributed by atoms with Crippen molar-refractivity contribution in [1.29, 1.82) is 0 Å². The number of carbonyl (C=O) groups is 1. The maximum atomic E-state index is 13.2. The minimum Gasteiger partial charge on any atom is -0.494 e. The Kier molecular flexibility index (Phi) is 7.68. The molecular weight excluding hydrogens is 404 g/mol. The number of aromatic nitrogens is 1. The van der Waals surface area contributed by atoms with E-state index < -0.39 is 0 Å². The fraction of sp³-hybridized carbons (Fsp3) is 0.600. The standard InChI is InChI=1S/C25H36N4O3/c1-3-4-15-31-23-9-5-19(6-10-23)16-29(17-22-18-32-24(26-22)20-7-8-20)25(30)27-21-11-13-28(2)14-12-21/h5-6,9-10,18,20-21H,3-4,7-8,11-17H2,1-2H3,(H,27,30). The Morgan fingerprint density at radius 3 is 2.62 bits per heavy atom. The third-order valence-electron chi connectivity index (χ3n) is 6.25. The second-order valence-electron chi connectivity index (χ2n) is 9.18. The molecule has 0 unspecified atom stereocenters. The van der Waals surface area contributed by atoms with E-state index in [0.29, 0.717) is 19.0 Å². The molecule has 1 aliphatic carbocycles. The smallest absolute Gasteiger partial charge is 0.318 e. The lowest BCUT2D eigenvalue weighted by Gasteiger charge is -2.31. The summed E-state index contributed by atoms with van der Waals surface area (Å²) in [5.74, 6) is 2.14. The third-order valence-corrected chi connectivity index (χ3v) is 6.25. The van der Waals surface area contributed by atoms with Crippen LogP contribution in [-0.4, -0.2) is 53.6 Å².